The molecule has 0 aromatic carbocycles. The molecular formula is C9H19N3. The Hall–Kier alpha value is -0.570. The van der Waals surface area contributed by atoms with Gasteiger partial charge in [-0.2, -0.15) is 0 Å². The fourth-order valence-corrected chi connectivity index (χ4v) is 1.13. The molecule has 0 saturated heterocycles. The van der Waals surface area contributed by atoms with E-state index in [1.54, 1.807) is 0 Å². The van der Waals surface area contributed by atoms with Crippen molar-refractivity contribution >= 4 is 5.84 Å². The first-order chi connectivity index (χ1) is 5.70. The fraction of sp³-hybridized carbons (Fsp3) is 0.889. The van der Waals surface area contributed by atoms with Crippen LogP contribution in [0.2, 0.25) is 0 Å². The van der Waals surface area contributed by atoms with Crippen molar-refractivity contribution in [3.05, 3.63) is 0 Å². The highest BCUT2D eigenvalue weighted by Crippen LogP contribution is 2.01. The van der Waals surface area contributed by atoms with Crippen molar-refractivity contribution in [1.29, 1.82) is 0 Å². The molecule has 1 aliphatic rings. The molecule has 0 aliphatic carbocycles. The monoisotopic (exact) mass is 169 g/mol. The number of aliphatic imine (C=N–C) groups is 1. The van der Waals surface area contributed by atoms with E-state index < -0.39 is 0 Å². The van der Waals surface area contributed by atoms with Gasteiger partial charge in [-0.15, -0.1) is 0 Å². The van der Waals surface area contributed by atoms with Crippen LogP contribution in [0.4, 0.5) is 0 Å². The summed E-state index contributed by atoms with van der Waals surface area (Å²) < 4.78 is 0. The van der Waals surface area contributed by atoms with Gasteiger partial charge >= 0.3 is 0 Å². The van der Waals surface area contributed by atoms with Crippen LogP contribution in [0, 0.1) is 0 Å². The van der Waals surface area contributed by atoms with Gasteiger partial charge in [-0.25, -0.2) is 0 Å². The summed E-state index contributed by atoms with van der Waals surface area (Å²) >= 11 is 0. The van der Waals surface area contributed by atoms with E-state index in [0.29, 0.717) is 6.04 Å². The van der Waals surface area contributed by atoms with Crippen LogP contribution in [0.25, 0.3) is 0 Å². The Balaban J connectivity index is 2.16. The van der Waals surface area contributed by atoms with E-state index in [2.05, 4.69) is 36.2 Å². The number of hydrogen-bond acceptors (Lipinski definition) is 3. The highest BCUT2D eigenvalue weighted by molar-refractivity contribution is 5.83. The van der Waals surface area contributed by atoms with Gasteiger partial charge in [0, 0.05) is 25.6 Å². The molecule has 0 bridgehead atoms. The molecule has 1 N–H and O–H groups in total. The normalized spacial score (nSPS) is 19.5. The van der Waals surface area contributed by atoms with Crippen LogP contribution in [-0.4, -0.2) is 44.0 Å². The zero-order valence-electron chi connectivity index (χ0n) is 8.30. The average Bonchev–Trinajstić information content (AvgIpc) is 2.51. The van der Waals surface area contributed by atoms with E-state index >= 15 is 0 Å². The molecule has 0 saturated carbocycles. The van der Waals surface area contributed by atoms with Gasteiger partial charge in [0.1, 0.15) is 0 Å². The van der Waals surface area contributed by atoms with Crippen LogP contribution >= 0.6 is 0 Å². The molecule has 1 atom stereocenters. The summed E-state index contributed by atoms with van der Waals surface area (Å²) in [4.78, 5) is 6.56. The fourth-order valence-electron chi connectivity index (χ4n) is 1.13. The van der Waals surface area contributed by atoms with Crippen LogP contribution in [0.5, 0.6) is 0 Å². The van der Waals surface area contributed by atoms with E-state index in [1.807, 2.05) is 0 Å². The maximum absolute atomic E-state index is 4.35. The van der Waals surface area contributed by atoms with Gasteiger partial charge in [-0.3, -0.25) is 4.99 Å². The van der Waals surface area contributed by atoms with E-state index in [0.717, 1.165) is 19.5 Å². The van der Waals surface area contributed by atoms with Gasteiger partial charge < -0.3 is 10.2 Å². The standard InChI is InChI=1S/C9H19N3/c1-8(12(2)3)7-11-9-5-4-6-10-9/h8H,4-7H2,1-3H3,(H,10,11). The van der Waals surface area contributed by atoms with Gasteiger partial charge in [-0.1, -0.05) is 0 Å². The maximum atomic E-state index is 4.35. The first-order valence-corrected chi connectivity index (χ1v) is 4.64. The number of likely N-dealkylation sites (N-methyl/N-ethyl adjacent to an activating group) is 1. The molecule has 0 spiro atoms. The van der Waals surface area contributed by atoms with Crippen LogP contribution in [0.15, 0.2) is 4.99 Å². The molecule has 70 valence electrons. The number of rotatable bonds is 3. The Morgan fingerprint density at radius 1 is 1.58 bits per heavy atom. The third-order valence-corrected chi connectivity index (χ3v) is 2.36. The molecule has 0 radical (unpaired) electrons. The zero-order valence-corrected chi connectivity index (χ0v) is 8.30. The van der Waals surface area contributed by atoms with Gasteiger partial charge in [-0.05, 0) is 27.4 Å². The van der Waals surface area contributed by atoms with E-state index in [9.17, 15) is 0 Å². The van der Waals surface area contributed by atoms with Crippen LogP contribution in [0.3, 0.4) is 0 Å². The summed E-state index contributed by atoms with van der Waals surface area (Å²) in [5, 5.41) is 3.37. The van der Waals surface area contributed by atoms with Crippen LogP contribution in [0.1, 0.15) is 19.8 Å². The zero-order chi connectivity index (χ0) is 8.97. The van der Waals surface area contributed by atoms with Gasteiger partial charge in [0.05, 0.1) is 5.84 Å². The van der Waals surface area contributed by atoms with Gasteiger partial charge in [0.2, 0.25) is 0 Å². The van der Waals surface area contributed by atoms with Crippen molar-refractivity contribution in [2.75, 3.05) is 27.2 Å². The summed E-state index contributed by atoms with van der Waals surface area (Å²) in [6.07, 6.45) is 2.36. The molecule has 0 amide bonds. The number of hydrogen-bond donors (Lipinski definition) is 1. The minimum absolute atomic E-state index is 0.577. The van der Waals surface area contributed by atoms with E-state index in [4.69, 9.17) is 0 Å². The molecular weight excluding hydrogens is 150 g/mol. The molecule has 1 unspecified atom stereocenters. The second kappa shape index (κ2) is 4.45. The molecule has 1 heterocycles. The first kappa shape index (κ1) is 9.52. The van der Waals surface area contributed by atoms with Crippen molar-refractivity contribution in [1.82, 2.24) is 10.2 Å². The van der Waals surface area contributed by atoms with Crippen LogP contribution < -0.4 is 5.32 Å². The molecule has 12 heavy (non-hydrogen) atoms. The summed E-state index contributed by atoms with van der Waals surface area (Å²) in [5.41, 5.74) is 0. The minimum Gasteiger partial charge on any atom is -0.372 e. The SMILES string of the molecule is CC(CNC1=NCCC1)N(C)C. The van der Waals surface area contributed by atoms with Crippen molar-refractivity contribution in [2.45, 2.75) is 25.8 Å². The minimum atomic E-state index is 0.577. The molecule has 0 aromatic rings. The third kappa shape index (κ3) is 2.81. The van der Waals surface area contributed by atoms with Crippen molar-refractivity contribution in [3.8, 4) is 0 Å². The first-order valence-electron chi connectivity index (χ1n) is 4.64. The lowest BCUT2D eigenvalue weighted by molar-refractivity contribution is 0.313. The third-order valence-electron chi connectivity index (χ3n) is 2.36. The Morgan fingerprint density at radius 3 is 2.83 bits per heavy atom. The quantitative estimate of drug-likeness (QED) is 0.674. The Bertz CT molecular complexity index is 163. The lowest BCUT2D eigenvalue weighted by atomic mass is 10.3. The molecule has 3 heteroatoms. The Labute approximate surface area is 74.9 Å². The Kier molecular flexibility index (Phi) is 3.53. The summed E-state index contributed by atoms with van der Waals surface area (Å²) in [5.74, 6) is 1.20. The number of nitrogens with zero attached hydrogens (tertiary/aromatic N) is 2. The van der Waals surface area contributed by atoms with E-state index in [1.165, 1.54) is 12.3 Å². The molecule has 1 aliphatic heterocycles. The predicted molar refractivity (Wildman–Crippen MR) is 52.7 cm³/mol. The number of amidine groups is 1. The average molecular weight is 169 g/mol. The summed E-state index contributed by atoms with van der Waals surface area (Å²) in [7, 11) is 4.20. The lowest BCUT2D eigenvalue weighted by Crippen LogP contribution is -2.37. The molecule has 0 fully saturated rings. The second-order valence-corrected chi connectivity index (χ2v) is 3.63. The predicted octanol–water partition coefficient (Wildman–Crippen LogP) is 0.718. The second-order valence-electron chi connectivity index (χ2n) is 3.63. The number of nitrogens with one attached hydrogen (secondary N) is 1. The Morgan fingerprint density at radius 2 is 2.33 bits per heavy atom. The summed E-state index contributed by atoms with van der Waals surface area (Å²) in [6, 6.07) is 0.577. The summed E-state index contributed by atoms with van der Waals surface area (Å²) in [6.45, 7) is 4.23. The topological polar surface area (TPSA) is 27.6 Å². The lowest BCUT2D eigenvalue weighted by Gasteiger charge is -2.20. The van der Waals surface area contributed by atoms with Crippen molar-refractivity contribution in [3.63, 3.8) is 0 Å². The van der Waals surface area contributed by atoms with Crippen molar-refractivity contribution in [2.24, 2.45) is 4.99 Å². The highest BCUT2D eigenvalue weighted by atomic mass is 15.1. The maximum Gasteiger partial charge on any atom is 0.0964 e. The molecule has 0 aromatic heterocycles. The van der Waals surface area contributed by atoms with E-state index in [-0.39, 0.29) is 0 Å². The smallest absolute Gasteiger partial charge is 0.0964 e. The molecule has 3 nitrogen and oxygen atoms in total. The molecule has 1 rings (SSSR count). The largest absolute Gasteiger partial charge is 0.372 e. The van der Waals surface area contributed by atoms with Gasteiger partial charge in [0.25, 0.3) is 0 Å². The van der Waals surface area contributed by atoms with Gasteiger partial charge in [0.15, 0.2) is 0 Å². The van der Waals surface area contributed by atoms with Crippen molar-refractivity contribution < 1.29 is 0 Å². The highest BCUT2D eigenvalue weighted by Gasteiger charge is 2.08. The van der Waals surface area contributed by atoms with Crippen LogP contribution in [-0.2, 0) is 0 Å².